The summed E-state index contributed by atoms with van der Waals surface area (Å²) in [5, 5.41) is 3.17. The lowest BCUT2D eigenvalue weighted by atomic mass is 10.00. The Kier molecular flexibility index (Phi) is 4.36. The molecule has 100 valence electrons. The second-order valence-electron chi connectivity index (χ2n) is 4.14. The molecule has 0 unspecified atom stereocenters. The maximum Gasteiger partial charge on any atom is 0.213 e. The van der Waals surface area contributed by atoms with E-state index in [4.69, 9.17) is 9.47 Å². The Morgan fingerprint density at radius 2 is 1.95 bits per heavy atom. The van der Waals surface area contributed by atoms with E-state index in [1.165, 1.54) is 5.56 Å². The zero-order chi connectivity index (χ0) is 13.7. The van der Waals surface area contributed by atoms with Gasteiger partial charge in [0, 0.05) is 18.8 Å². The number of hydrogen-bond donors (Lipinski definition) is 1. The van der Waals surface area contributed by atoms with Gasteiger partial charge in [-0.25, -0.2) is 4.98 Å². The molecule has 1 N–H and O–H groups in total. The third-order valence-corrected chi connectivity index (χ3v) is 2.93. The van der Waals surface area contributed by atoms with Gasteiger partial charge >= 0.3 is 0 Å². The van der Waals surface area contributed by atoms with Crippen molar-refractivity contribution in [2.45, 2.75) is 6.54 Å². The maximum atomic E-state index is 5.27. The molecule has 0 saturated carbocycles. The van der Waals surface area contributed by atoms with Crippen molar-refractivity contribution in [1.29, 1.82) is 0 Å². The molecule has 2 aromatic rings. The molecule has 1 aromatic carbocycles. The highest BCUT2D eigenvalue weighted by molar-refractivity contribution is 5.69. The fourth-order valence-corrected chi connectivity index (χ4v) is 2.00. The van der Waals surface area contributed by atoms with E-state index >= 15 is 0 Å². The third-order valence-electron chi connectivity index (χ3n) is 2.93. The van der Waals surface area contributed by atoms with Crippen molar-refractivity contribution in [3.05, 3.63) is 42.1 Å². The fourth-order valence-electron chi connectivity index (χ4n) is 2.00. The number of nitrogens with one attached hydrogen (secondary N) is 1. The molecule has 0 aliphatic heterocycles. The van der Waals surface area contributed by atoms with Crippen LogP contribution in [0.15, 0.2) is 36.5 Å². The Morgan fingerprint density at radius 3 is 2.63 bits per heavy atom. The summed E-state index contributed by atoms with van der Waals surface area (Å²) < 4.78 is 10.4. The first-order valence-electron chi connectivity index (χ1n) is 6.10. The van der Waals surface area contributed by atoms with Crippen LogP contribution in [0.5, 0.6) is 11.6 Å². The van der Waals surface area contributed by atoms with Crippen LogP contribution >= 0.6 is 0 Å². The van der Waals surface area contributed by atoms with Gasteiger partial charge < -0.3 is 14.8 Å². The van der Waals surface area contributed by atoms with E-state index in [0.717, 1.165) is 23.4 Å². The Morgan fingerprint density at radius 1 is 1.11 bits per heavy atom. The molecular weight excluding hydrogens is 240 g/mol. The second kappa shape index (κ2) is 6.20. The van der Waals surface area contributed by atoms with Crippen molar-refractivity contribution in [2.24, 2.45) is 0 Å². The van der Waals surface area contributed by atoms with E-state index in [-0.39, 0.29) is 0 Å². The molecule has 0 aliphatic carbocycles. The first kappa shape index (κ1) is 13.4. The number of methoxy groups -OCH3 is 2. The molecule has 0 saturated heterocycles. The molecule has 0 aliphatic rings. The van der Waals surface area contributed by atoms with Crippen molar-refractivity contribution < 1.29 is 9.47 Å². The summed E-state index contributed by atoms with van der Waals surface area (Å²) in [7, 11) is 5.22. The van der Waals surface area contributed by atoms with E-state index in [1.54, 1.807) is 20.4 Å². The highest BCUT2D eigenvalue weighted by Crippen LogP contribution is 2.28. The van der Waals surface area contributed by atoms with Gasteiger partial charge in [-0.2, -0.15) is 0 Å². The maximum absolute atomic E-state index is 5.27. The molecule has 19 heavy (non-hydrogen) atoms. The predicted molar refractivity (Wildman–Crippen MR) is 75.5 cm³/mol. The fraction of sp³-hybridized carbons (Fsp3) is 0.267. The normalized spacial score (nSPS) is 10.3. The number of aromatic nitrogens is 1. The molecule has 0 atom stereocenters. The summed E-state index contributed by atoms with van der Waals surface area (Å²) in [5.74, 6) is 1.47. The molecule has 0 amide bonds. The largest absolute Gasteiger partial charge is 0.497 e. The number of pyridine rings is 1. The molecule has 1 aromatic heterocycles. The first-order chi connectivity index (χ1) is 9.28. The average Bonchev–Trinajstić information content (AvgIpc) is 2.47. The molecule has 0 spiro atoms. The van der Waals surface area contributed by atoms with Crippen LogP contribution in [0.2, 0.25) is 0 Å². The number of hydrogen-bond acceptors (Lipinski definition) is 4. The average molecular weight is 258 g/mol. The number of nitrogens with zero attached hydrogens (tertiary/aromatic N) is 1. The summed E-state index contributed by atoms with van der Waals surface area (Å²) in [6.45, 7) is 0.775. The van der Waals surface area contributed by atoms with Crippen LogP contribution < -0.4 is 14.8 Å². The molecular formula is C15H18N2O2. The molecule has 1 heterocycles. The predicted octanol–water partition coefficient (Wildman–Crippen LogP) is 2.49. The number of benzene rings is 1. The van der Waals surface area contributed by atoms with Crippen LogP contribution in [0, 0.1) is 0 Å². The molecule has 0 radical (unpaired) electrons. The second-order valence-corrected chi connectivity index (χ2v) is 4.14. The lowest BCUT2D eigenvalue weighted by Gasteiger charge is -2.12. The zero-order valence-corrected chi connectivity index (χ0v) is 11.4. The van der Waals surface area contributed by atoms with Gasteiger partial charge in [0.15, 0.2) is 0 Å². The summed E-state index contributed by atoms with van der Waals surface area (Å²) in [6.07, 6.45) is 1.75. The highest BCUT2D eigenvalue weighted by atomic mass is 16.5. The monoisotopic (exact) mass is 258 g/mol. The van der Waals surface area contributed by atoms with Crippen LogP contribution in [0.1, 0.15) is 5.56 Å². The van der Waals surface area contributed by atoms with E-state index in [1.807, 2.05) is 31.3 Å². The van der Waals surface area contributed by atoms with E-state index in [0.29, 0.717) is 5.88 Å². The minimum absolute atomic E-state index is 0.615. The smallest absolute Gasteiger partial charge is 0.213 e. The Hall–Kier alpha value is -2.07. The summed E-state index contributed by atoms with van der Waals surface area (Å²) in [5.41, 5.74) is 3.41. The minimum atomic E-state index is 0.615. The molecule has 0 fully saturated rings. The lowest BCUT2D eigenvalue weighted by Crippen LogP contribution is -2.06. The Labute approximate surface area is 113 Å². The lowest BCUT2D eigenvalue weighted by molar-refractivity contribution is 0.398. The van der Waals surface area contributed by atoms with E-state index in [9.17, 15) is 0 Å². The van der Waals surface area contributed by atoms with Gasteiger partial charge in [0.2, 0.25) is 5.88 Å². The summed E-state index contributed by atoms with van der Waals surface area (Å²) in [6, 6.07) is 9.96. The van der Waals surface area contributed by atoms with Crippen LogP contribution in [0.4, 0.5) is 0 Å². The van der Waals surface area contributed by atoms with Gasteiger partial charge in [-0.3, -0.25) is 0 Å². The van der Waals surface area contributed by atoms with E-state index < -0.39 is 0 Å². The molecule has 2 rings (SSSR count). The van der Waals surface area contributed by atoms with Crippen molar-refractivity contribution in [2.75, 3.05) is 21.3 Å². The van der Waals surface area contributed by atoms with Gasteiger partial charge in [-0.1, -0.05) is 6.07 Å². The summed E-state index contributed by atoms with van der Waals surface area (Å²) in [4.78, 5) is 4.13. The molecule has 0 bridgehead atoms. The van der Waals surface area contributed by atoms with Crippen molar-refractivity contribution >= 4 is 0 Å². The Bertz CT molecular complexity index is 556. The quantitative estimate of drug-likeness (QED) is 0.894. The van der Waals surface area contributed by atoms with Gasteiger partial charge in [-0.05, 0) is 41.9 Å². The van der Waals surface area contributed by atoms with Gasteiger partial charge in [0.05, 0.1) is 14.2 Å². The number of ether oxygens (including phenoxy) is 2. The molecule has 4 heteroatoms. The molecule has 4 nitrogen and oxygen atoms in total. The minimum Gasteiger partial charge on any atom is -0.497 e. The van der Waals surface area contributed by atoms with Crippen LogP contribution in [0.3, 0.4) is 0 Å². The highest BCUT2D eigenvalue weighted by Gasteiger charge is 2.07. The summed E-state index contributed by atoms with van der Waals surface area (Å²) >= 11 is 0. The first-order valence-corrected chi connectivity index (χ1v) is 6.10. The standard InChI is InChI=1S/C15H18N2O2/c1-16-10-12-8-13(18-2)4-5-14(12)11-6-7-17-15(9-11)19-3/h4-9,16H,10H2,1-3H3. The topological polar surface area (TPSA) is 43.4 Å². The number of rotatable bonds is 5. The van der Waals surface area contributed by atoms with E-state index in [2.05, 4.69) is 16.4 Å². The van der Waals surface area contributed by atoms with Crippen molar-refractivity contribution in [3.8, 4) is 22.8 Å². The van der Waals surface area contributed by atoms with Gasteiger partial charge in [0.1, 0.15) is 5.75 Å². The zero-order valence-electron chi connectivity index (χ0n) is 11.4. The van der Waals surface area contributed by atoms with Gasteiger partial charge in [-0.15, -0.1) is 0 Å². The van der Waals surface area contributed by atoms with Crippen molar-refractivity contribution in [1.82, 2.24) is 10.3 Å². The third kappa shape index (κ3) is 3.03. The van der Waals surface area contributed by atoms with Crippen LogP contribution in [0.25, 0.3) is 11.1 Å². The van der Waals surface area contributed by atoms with Crippen LogP contribution in [-0.4, -0.2) is 26.3 Å². The van der Waals surface area contributed by atoms with Crippen LogP contribution in [-0.2, 0) is 6.54 Å². The SMILES string of the molecule is CNCc1cc(OC)ccc1-c1ccnc(OC)c1. The van der Waals surface area contributed by atoms with Gasteiger partial charge in [0.25, 0.3) is 0 Å². The Balaban J connectivity index is 2.47. The van der Waals surface area contributed by atoms with Crippen molar-refractivity contribution in [3.63, 3.8) is 0 Å².